The molecule has 1 amide bonds. The van der Waals surface area contributed by atoms with Gasteiger partial charge in [-0.05, 0) is 27.7 Å². The Labute approximate surface area is 106 Å². The number of aromatic amines is 1. The molecule has 0 aromatic carbocycles. The predicted octanol–water partition coefficient (Wildman–Crippen LogP) is 2.17. The predicted molar refractivity (Wildman–Crippen MR) is 67.4 cm³/mol. The lowest BCUT2D eigenvalue weighted by atomic mass is 10.1. The first-order chi connectivity index (χ1) is 8.50. The number of rotatable bonds is 3. The molecule has 0 spiro atoms. The van der Waals surface area contributed by atoms with Gasteiger partial charge in [0, 0.05) is 23.4 Å². The summed E-state index contributed by atoms with van der Waals surface area (Å²) in [6, 6.07) is 0. The normalized spacial score (nSPS) is 10.7. The minimum Gasteiger partial charge on any atom is -0.466 e. The van der Waals surface area contributed by atoms with Crippen LogP contribution in [0.15, 0.2) is 10.6 Å². The van der Waals surface area contributed by atoms with Gasteiger partial charge in [0.25, 0.3) is 5.91 Å². The highest BCUT2D eigenvalue weighted by Crippen LogP contribution is 2.20. The number of nitrogens with one attached hydrogen (secondary N) is 2. The minimum atomic E-state index is -0.109. The topological polar surface area (TPSA) is 70.9 Å². The van der Waals surface area contributed by atoms with Crippen molar-refractivity contribution in [2.24, 2.45) is 0 Å². The molecule has 18 heavy (non-hydrogen) atoms. The van der Waals surface area contributed by atoms with Crippen LogP contribution in [0.2, 0.25) is 0 Å². The van der Waals surface area contributed by atoms with Gasteiger partial charge >= 0.3 is 0 Å². The summed E-state index contributed by atoms with van der Waals surface area (Å²) in [5.74, 6) is 1.34. The Bertz CT molecular complexity index is 581. The number of nitrogens with zero attached hydrogens (tertiary/aromatic N) is 1. The maximum absolute atomic E-state index is 12.1. The van der Waals surface area contributed by atoms with Gasteiger partial charge in [-0.3, -0.25) is 9.89 Å². The van der Waals surface area contributed by atoms with Gasteiger partial charge in [0.15, 0.2) is 0 Å². The molecule has 2 heterocycles. The largest absolute Gasteiger partial charge is 0.466 e. The van der Waals surface area contributed by atoms with Crippen molar-refractivity contribution in [3.63, 3.8) is 0 Å². The second-order valence-electron chi connectivity index (χ2n) is 4.42. The molecule has 0 aliphatic carbocycles. The zero-order valence-electron chi connectivity index (χ0n) is 11.0. The molecular formula is C13H17N3O2. The van der Waals surface area contributed by atoms with E-state index in [9.17, 15) is 4.79 Å². The van der Waals surface area contributed by atoms with Gasteiger partial charge in [-0.1, -0.05) is 0 Å². The van der Waals surface area contributed by atoms with Crippen LogP contribution in [0.1, 0.15) is 38.7 Å². The lowest BCUT2D eigenvalue weighted by molar-refractivity contribution is 0.0949. The summed E-state index contributed by atoms with van der Waals surface area (Å²) in [5.41, 5.74) is 3.48. The highest BCUT2D eigenvalue weighted by Gasteiger charge is 2.18. The van der Waals surface area contributed by atoms with E-state index in [2.05, 4.69) is 15.5 Å². The van der Waals surface area contributed by atoms with Crippen LogP contribution >= 0.6 is 0 Å². The third kappa shape index (κ3) is 2.16. The van der Waals surface area contributed by atoms with Crippen LogP contribution in [-0.2, 0) is 6.54 Å². The Morgan fingerprint density at radius 3 is 2.56 bits per heavy atom. The third-order valence-corrected chi connectivity index (χ3v) is 3.16. The zero-order valence-corrected chi connectivity index (χ0v) is 11.0. The number of amides is 1. The van der Waals surface area contributed by atoms with Crippen LogP contribution in [-0.4, -0.2) is 16.1 Å². The van der Waals surface area contributed by atoms with Crippen LogP contribution in [0, 0.1) is 27.7 Å². The van der Waals surface area contributed by atoms with Crippen molar-refractivity contribution in [2.75, 3.05) is 0 Å². The van der Waals surface area contributed by atoms with Crippen molar-refractivity contribution < 1.29 is 9.21 Å². The van der Waals surface area contributed by atoms with E-state index in [0.717, 1.165) is 22.6 Å². The summed E-state index contributed by atoms with van der Waals surface area (Å²) in [5, 5.41) is 9.63. The molecule has 0 fully saturated rings. The summed E-state index contributed by atoms with van der Waals surface area (Å²) in [4.78, 5) is 12.1. The molecule has 5 heteroatoms. The van der Waals surface area contributed by atoms with Gasteiger partial charge in [0.1, 0.15) is 11.5 Å². The molecule has 0 saturated heterocycles. The lowest BCUT2D eigenvalue weighted by Crippen LogP contribution is -2.23. The number of hydrogen-bond acceptors (Lipinski definition) is 3. The first kappa shape index (κ1) is 12.4. The van der Waals surface area contributed by atoms with E-state index >= 15 is 0 Å². The molecule has 0 saturated carbocycles. The number of carbonyl (C=O) groups excluding carboxylic acids is 1. The van der Waals surface area contributed by atoms with E-state index in [1.54, 1.807) is 13.1 Å². The second-order valence-corrected chi connectivity index (χ2v) is 4.42. The van der Waals surface area contributed by atoms with Gasteiger partial charge in [-0.15, -0.1) is 0 Å². The van der Waals surface area contributed by atoms with Crippen molar-refractivity contribution in [3.05, 3.63) is 40.1 Å². The van der Waals surface area contributed by atoms with Crippen LogP contribution in [0.25, 0.3) is 0 Å². The van der Waals surface area contributed by atoms with E-state index in [1.807, 2.05) is 20.8 Å². The first-order valence-electron chi connectivity index (χ1n) is 5.84. The maximum Gasteiger partial charge on any atom is 0.255 e. The summed E-state index contributed by atoms with van der Waals surface area (Å²) < 4.78 is 5.45. The molecule has 0 radical (unpaired) electrons. The molecule has 96 valence electrons. The number of hydrogen-bond donors (Lipinski definition) is 2. The van der Waals surface area contributed by atoms with Gasteiger partial charge in [0.2, 0.25) is 0 Å². The highest BCUT2D eigenvalue weighted by atomic mass is 16.3. The summed E-state index contributed by atoms with van der Waals surface area (Å²) in [6.45, 7) is 7.94. The smallest absolute Gasteiger partial charge is 0.255 e. The minimum absolute atomic E-state index is 0.109. The number of aromatic nitrogens is 2. The molecular weight excluding hydrogens is 230 g/mol. The van der Waals surface area contributed by atoms with Crippen LogP contribution < -0.4 is 5.32 Å². The molecule has 0 bridgehead atoms. The monoisotopic (exact) mass is 247 g/mol. The standard InChI is InChI=1S/C13H17N3O2/c1-7-9(3)18-10(4)12(7)13(17)14-5-11-6-15-16-8(11)2/h6H,5H2,1-4H3,(H,14,17)(H,15,16). The van der Waals surface area contributed by atoms with Gasteiger partial charge in [0.05, 0.1) is 11.8 Å². The lowest BCUT2D eigenvalue weighted by Gasteiger charge is -2.04. The fourth-order valence-electron chi connectivity index (χ4n) is 1.95. The van der Waals surface area contributed by atoms with E-state index in [0.29, 0.717) is 17.9 Å². The fraction of sp³-hybridized carbons (Fsp3) is 0.385. The van der Waals surface area contributed by atoms with E-state index in [1.165, 1.54) is 0 Å². The quantitative estimate of drug-likeness (QED) is 0.873. The first-order valence-corrected chi connectivity index (χ1v) is 5.84. The Morgan fingerprint density at radius 2 is 2.06 bits per heavy atom. The van der Waals surface area contributed by atoms with E-state index < -0.39 is 0 Å². The molecule has 5 nitrogen and oxygen atoms in total. The molecule has 0 unspecified atom stereocenters. The fourth-order valence-corrected chi connectivity index (χ4v) is 1.95. The Hall–Kier alpha value is -2.04. The Balaban J connectivity index is 2.11. The molecule has 2 rings (SSSR count). The molecule has 0 aliphatic heterocycles. The molecule has 0 aliphatic rings. The van der Waals surface area contributed by atoms with Crippen molar-refractivity contribution in [3.8, 4) is 0 Å². The van der Waals surface area contributed by atoms with Crippen LogP contribution in [0.3, 0.4) is 0 Å². The number of furan rings is 1. The molecule has 2 aromatic heterocycles. The maximum atomic E-state index is 12.1. The molecule has 0 atom stereocenters. The highest BCUT2D eigenvalue weighted by molar-refractivity contribution is 5.96. The summed E-state index contributed by atoms with van der Waals surface area (Å²) in [6.07, 6.45) is 1.72. The summed E-state index contributed by atoms with van der Waals surface area (Å²) in [7, 11) is 0. The summed E-state index contributed by atoms with van der Waals surface area (Å²) >= 11 is 0. The SMILES string of the molecule is Cc1[nH]ncc1CNC(=O)c1c(C)oc(C)c1C. The zero-order chi connectivity index (χ0) is 13.3. The van der Waals surface area contributed by atoms with E-state index in [-0.39, 0.29) is 5.91 Å². The van der Waals surface area contributed by atoms with Crippen molar-refractivity contribution in [1.29, 1.82) is 0 Å². The number of H-pyrrole nitrogens is 1. The average molecular weight is 247 g/mol. The van der Waals surface area contributed by atoms with Crippen LogP contribution in [0.5, 0.6) is 0 Å². The molecule has 2 N–H and O–H groups in total. The molecule has 2 aromatic rings. The van der Waals surface area contributed by atoms with Gasteiger partial charge < -0.3 is 9.73 Å². The average Bonchev–Trinajstić information content (AvgIpc) is 2.81. The number of carbonyl (C=O) groups is 1. The van der Waals surface area contributed by atoms with Crippen molar-refractivity contribution >= 4 is 5.91 Å². The van der Waals surface area contributed by atoms with Crippen LogP contribution in [0.4, 0.5) is 0 Å². The Morgan fingerprint density at radius 1 is 1.33 bits per heavy atom. The van der Waals surface area contributed by atoms with Crippen molar-refractivity contribution in [2.45, 2.75) is 34.2 Å². The van der Waals surface area contributed by atoms with E-state index in [4.69, 9.17) is 4.42 Å². The van der Waals surface area contributed by atoms with Gasteiger partial charge in [-0.25, -0.2) is 0 Å². The number of aryl methyl sites for hydroxylation is 3. The third-order valence-electron chi connectivity index (χ3n) is 3.16. The van der Waals surface area contributed by atoms with Crippen molar-refractivity contribution in [1.82, 2.24) is 15.5 Å². The van der Waals surface area contributed by atoms with Gasteiger partial charge in [-0.2, -0.15) is 5.10 Å². The second kappa shape index (κ2) is 4.68. The Kier molecular flexibility index (Phi) is 3.23.